The lowest BCUT2D eigenvalue weighted by atomic mass is 10.1. The van der Waals surface area contributed by atoms with Crippen molar-refractivity contribution in [3.8, 4) is 0 Å². The first-order chi connectivity index (χ1) is 9.58. The van der Waals surface area contributed by atoms with E-state index in [9.17, 15) is 10.1 Å². The zero-order valence-corrected chi connectivity index (χ0v) is 11.2. The van der Waals surface area contributed by atoms with Crippen molar-refractivity contribution < 1.29 is 4.92 Å². The molecule has 104 valence electrons. The molecule has 0 heterocycles. The Balaban J connectivity index is 2.09. The highest BCUT2D eigenvalue weighted by Gasteiger charge is 2.14. The summed E-state index contributed by atoms with van der Waals surface area (Å²) < 4.78 is 0. The van der Waals surface area contributed by atoms with E-state index in [4.69, 9.17) is 5.73 Å². The highest BCUT2D eigenvalue weighted by molar-refractivity contribution is 5.62. The second-order valence-corrected chi connectivity index (χ2v) is 4.68. The van der Waals surface area contributed by atoms with Crippen LogP contribution < -0.4 is 11.1 Å². The fraction of sp³-hybridized carbons (Fsp3) is 0.200. The summed E-state index contributed by atoms with van der Waals surface area (Å²) in [5, 5.41) is 14.1. The van der Waals surface area contributed by atoms with Crippen LogP contribution in [0.25, 0.3) is 0 Å². The Morgan fingerprint density at radius 2 is 1.95 bits per heavy atom. The summed E-state index contributed by atoms with van der Waals surface area (Å²) in [6, 6.07) is 14.5. The van der Waals surface area contributed by atoms with Crippen molar-refractivity contribution in [2.75, 3.05) is 11.9 Å². The zero-order chi connectivity index (χ0) is 14.5. The number of nitrogens with two attached hydrogens (primary N) is 1. The van der Waals surface area contributed by atoms with E-state index >= 15 is 0 Å². The lowest BCUT2D eigenvalue weighted by Gasteiger charge is -2.14. The van der Waals surface area contributed by atoms with Crippen LogP contribution in [0, 0.1) is 17.0 Å². The summed E-state index contributed by atoms with van der Waals surface area (Å²) in [4.78, 5) is 10.6. The van der Waals surface area contributed by atoms with Crippen molar-refractivity contribution in [3.63, 3.8) is 0 Å². The molecule has 2 aromatic rings. The van der Waals surface area contributed by atoms with Gasteiger partial charge in [-0.05, 0) is 24.1 Å². The third-order valence-corrected chi connectivity index (χ3v) is 3.09. The number of nitrogens with zero attached hydrogens (tertiary/aromatic N) is 1. The Kier molecular flexibility index (Phi) is 4.32. The van der Waals surface area contributed by atoms with Crippen molar-refractivity contribution >= 4 is 11.4 Å². The minimum absolute atomic E-state index is 0.0743. The molecule has 2 rings (SSSR count). The smallest absolute Gasteiger partial charge is 0.292 e. The van der Waals surface area contributed by atoms with E-state index in [1.807, 2.05) is 43.3 Å². The summed E-state index contributed by atoms with van der Waals surface area (Å²) in [6.07, 6.45) is 0. The monoisotopic (exact) mass is 271 g/mol. The summed E-state index contributed by atoms with van der Waals surface area (Å²) >= 11 is 0. The molecular weight excluding hydrogens is 254 g/mol. The van der Waals surface area contributed by atoms with Gasteiger partial charge in [-0.3, -0.25) is 10.1 Å². The summed E-state index contributed by atoms with van der Waals surface area (Å²) in [6.45, 7) is 2.26. The number of anilines is 1. The first-order valence-corrected chi connectivity index (χ1v) is 6.37. The molecule has 5 nitrogen and oxygen atoms in total. The second-order valence-electron chi connectivity index (χ2n) is 4.68. The van der Waals surface area contributed by atoms with Crippen LogP contribution in [-0.2, 0) is 0 Å². The average molecular weight is 271 g/mol. The summed E-state index contributed by atoms with van der Waals surface area (Å²) in [5.74, 6) is 0. The number of nitro benzene ring substituents is 1. The largest absolute Gasteiger partial charge is 0.378 e. The zero-order valence-electron chi connectivity index (χ0n) is 11.2. The van der Waals surface area contributed by atoms with E-state index in [0.717, 1.165) is 11.1 Å². The molecule has 0 fully saturated rings. The van der Waals surface area contributed by atoms with E-state index < -0.39 is 0 Å². The molecule has 1 unspecified atom stereocenters. The van der Waals surface area contributed by atoms with Gasteiger partial charge >= 0.3 is 0 Å². The maximum absolute atomic E-state index is 11.0. The summed E-state index contributed by atoms with van der Waals surface area (Å²) in [7, 11) is 0. The van der Waals surface area contributed by atoms with E-state index in [1.165, 1.54) is 0 Å². The highest BCUT2D eigenvalue weighted by Crippen LogP contribution is 2.25. The quantitative estimate of drug-likeness (QED) is 0.647. The predicted molar refractivity (Wildman–Crippen MR) is 79.7 cm³/mol. The Bertz CT molecular complexity index is 599. The maximum atomic E-state index is 11.0. The van der Waals surface area contributed by atoms with Crippen molar-refractivity contribution in [1.82, 2.24) is 0 Å². The SMILES string of the molecule is Cc1ccc(NCC(N)c2ccccc2)c([N+](=O)[O-])c1. The van der Waals surface area contributed by atoms with Gasteiger partial charge in [0.15, 0.2) is 0 Å². The molecule has 0 aliphatic heterocycles. The fourth-order valence-electron chi connectivity index (χ4n) is 1.98. The first kappa shape index (κ1) is 14.0. The van der Waals surface area contributed by atoms with Gasteiger partial charge in [0.1, 0.15) is 5.69 Å². The minimum Gasteiger partial charge on any atom is -0.378 e. The van der Waals surface area contributed by atoms with Gasteiger partial charge in [-0.25, -0.2) is 0 Å². The Labute approximate surface area is 117 Å². The Hall–Kier alpha value is -2.40. The van der Waals surface area contributed by atoms with Gasteiger partial charge in [-0.2, -0.15) is 0 Å². The van der Waals surface area contributed by atoms with Gasteiger partial charge in [0.05, 0.1) is 4.92 Å². The topological polar surface area (TPSA) is 81.2 Å². The molecule has 0 amide bonds. The minimum atomic E-state index is -0.386. The third-order valence-electron chi connectivity index (χ3n) is 3.09. The van der Waals surface area contributed by atoms with Crippen molar-refractivity contribution in [1.29, 1.82) is 0 Å². The number of aryl methyl sites for hydroxylation is 1. The third kappa shape index (κ3) is 3.33. The van der Waals surface area contributed by atoms with Crippen LogP contribution in [0.4, 0.5) is 11.4 Å². The molecule has 0 aromatic heterocycles. The number of benzene rings is 2. The lowest BCUT2D eigenvalue weighted by molar-refractivity contribution is -0.384. The molecule has 20 heavy (non-hydrogen) atoms. The molecular formula is C15H17N3O2. The van der Waals surface area contributed by atoms with Gasteiger partial charge in [-0.15, -0.1) is 0 Å². The number of hydrogen-bond donors (Lipinski definition) is 2. The number of nitrogens with one attached hydrogen (secondary N) is 1. The fourth-order valence-corrected chi connectivity index (χ4v) is 1.98. The average Bonchev–Trinajstić information content (AvgIpc) is 2.46. The molecule has 0 radical (unpaired) electrons. The first-order valence-electron chi connectivity index (χ1n) is 6.37. The van der Waals surface area contributed by atoms with E-state index in [0.29, 0.717) is 12.2 Å². The standard InChI is InChI=1S/C15H17N3O2/c1-11-7-8-14(15(9-11)18(19)20)17-10-13(16)12-5-3-2-4-6-12/h2-9,13,17H,10,16H2,1H3. The molecule has 3 N–H and O–H groups in total. The maximum Gasteiger partial charge on any atom is 0.292 e. The molecule has 1 atom stereocenters. The second kappa shape index (κ2) is 6.16. The Morgan fingerprint density at radius 3 is 2.60 bits per heavy atom. The van der Waals surface area contributed by atoms with E-state index in [1.54, 1.807) is 12.1 Å². The number of rotatable bonds is 5. The molecule has 0 bridgehead atoms. The van der Waals surface area contributed by atoms with Crippen LogP contribution in [0.2, 0.25) is 0 Å². The molecule has 0 spiro atoms. The molecule has 2 aromatic carbocycles. The summed E-state index contributed by atoms with van der Waals surface area (Å²) in [5.41, 5.74) is 8.48. The normalized spacial score (nSPS) is 11.9. The number of hydrogen-bond acceptors (Lipinski definition) is 4. The van der Waals surface area contributed by atoms with Crippen molar-refractivity contribution in [2.45, 2.75) is 13.0 Å². The van der Waals surface area contributed by atoms with Crippen LogP contribution in [-0.4, -0.2) is 11.5 Å². The van der Waals surface area contributed by atoms with Crippen molar-refractivity contribution in [2.24, 2.45) is 5.73 Å². The van der Waals surface area contributed by atoms with Gasteiger partial charge in [0, 0.05) is 18.7 Å². The van der Waals surface area contributed by atoms with E-state index in [-0.39, 0.29) is 16.7 Å². The molecule has 0 aliphatic rings. The van der Waals surface area contributed by atoms with E-state index in [2.05, 4.69) is 5.32 Å². The predicted octanol–water partition coefficient (Wildman–Crippen LogP) is 3.02. The van der Waals surface area contributed by atoms with Crippen LogP contribution in [0.1, 0.15) is 17.2 Å². The van der Waals surface area contributed by atoms with Crippen LogP contribution in [0.3, 0.4) is 0 Å². The highest BCUT2D eigenvalue weighted by atomic mass is 16.6. The van der Waals surface area contributed by atoms with Crippen LogP contribution >= 0.6 is 0 Å². The van der Waals surface area contributed by atoms with Crippen LogP contribution in [0.5, 0.6) is 0 Å². The molecule has 0 aliphatic carbocycles. The molecule has 0 saturated heterocycles. The van der Waals surface area contributed by atoms with Gasteiger partial charge in [0.25, 0.3) is 5.69 Å². The Morgan fingerprint density at radius 1 is 1.25 bits per heavy atom. The van der Waals surface area contributed by atoms with Crippen molar-refractivity contribution in [3.05, 3.63) is 69.8 Å². The number of nitro groups is 1. The van der Waals surface area contributed by atoms with Gasteiger partial charge in [0.2, 0.25) is 0 Å². The van der Waals surface area contributed by atoms with Crippen LogP contribution in [0.15, 0.2) is 48.5 Å². The molecule has 5 heteroatoms. The van der Waals surface area contributed by atoms with Gasteiger partial charge in [-0.1, -0.05) is 36.4 Å². The van der Waals surface area contributed by atoms with Gasteiger partial charge < -0.3 is 11.1 Å². The molecule has 0 saturated carbocycles. The lowest BCUT2D eigenvalue weighted by Crippen LogP contribution is -2.20.